The van der Waals surface area contributed by atoms with Gasteiger partial charge in [0.05, 0.1) is 4.92 Å². The second-order valence-electron chi connectivity index (χ2n) is 5.13. The molecule has 1 N–H and O–H groups in total. The summed E-state index contributed by atoms with van der Waals surface area (Å²) in [4.78, 5) is 24.1. The number of ketones is 1. The van der Waals surface area contributed by atoms with Gasteiger partial charge in [0, 0.05) is 43.1 Å². The molecule has 0 saturated carbocycles. The summed E-state index contributed by atoms with van der Waals surface area (Å²) in [5.41, 5.74) is 1.08. The van der Waals surface area contributed by atoms with Crippen LogP contribution in [0.25, 0.3) is 0 Å². The fourth-order valence-corrected chi connectivity index (χ4v) is 2.66. The molecule has 0 amide bonds. The fraction of sp³-hybridized carbons (Fsp3) is 0.500. The molecule has 0 radical (unpaired) electrons. The van der Waals surface area contributed by atoms with Gasteiger partial charge in [-0.25, -0.2) is 0 Å². The minimum absolute atomic E-state index is 0.0648. The maximum atomic E-state index is 11.7. The minimum atomic E-state index is -0.491. The van der Waals surface area contributed by atoms with Crippen molar-refractivity contribution >= 4 is 17.2 Å². The Bertz CT molecular complexity index is 530. The maximum absolute atomic E-state index is 11.7. The van der Waals surface area contributed by atoms with E-state index < -0.39 is 4.92 Å². The number of carbonyl (C=O) groups excluding carboxylic acids is 1. The smallest absolute Gasteiger partial charge is 0.270 e. The molecule has 1 atom stereocenters. The number of non-ortho nitro benzene ring substituents is 1. The van der Waals surface area contributed by atoms with Crippen LogP contribution in [0.3, 0.4) is 0 Å². The molecule has 6 nitrogen and oxygen atoms in total. The van der Waals surface area contributed by atoms with Crippen LogP contribution in [0.1, 0.15) is 30.1 Å². The number of benzene rings is 1. The van der Waals surface area contributed by atoms with E-state index in [0.29, 0.717) is 11.5 Å². The molecule has 0 aliphatic carbocycles. The molecule has 1 saturated heterocycles. The zero-order valence-corrected chi connectivity index (χ0v) is 11.4. The van der Waals surface area contributed by atoms with Crippen LogP contribution in [0, 0.1) is 16.0 Å². The predicted molar refractivity (Wildman–Crippen MR) is 75.1 cm³/mol. The molecule has 20 heavy (non-hydrogen) atoms. The second kappa shape index (κ2) is 6.00. The zero-order chi connectivity index (χ0) is 14.7. The van der Waals surface area contributed by atoms with Crippen LogP contribution in [0.5, 0.6) is 0 Å². The molecule has 0 aromatic heterocycles. The highest BCUT2D eigenvalue weighted by Crippen LogP contribution is 2.31. The van der Waals surface area contributed by atoms with E-state index in [0.717, 1.165) is 31.6 Å². The summed E-state index contributed by atoms with van der Waals surface area (Å²) in [5, 5.41) is 19.8. The summed E-state index contributed by atoms with van der Waals surface area (Å²) in [7, 11) is 0. The van der Waals surface area contributed by atoms with Crippen molar-refractivity contribution in [1.29, 1.82) is 0 Å². The van der Waals surface area contributed by atoms with Gasteiger partial charge in [-0.2, -0.15) is 0 Å². The van der Waals surface area contributed by atoms with Crippen LogP contribution < -0.4 is 4.90 Å². The van der Waals surface area contributed by atoms with E-state index in [4.69, 9.17) is 5.11 Å². The summed E-state index contributed by atoms with van der Waals surface area (Å²) in [6.45, 7) is 3.17. The highest BCUT2D eigenvalue weighted by molar-refractivity contribution is 6.00. The molecule has 1 fully saturated rings. The zero-order valence-electron chi connectivity index (χ0n) is 11.4. The Balaban J connectivity index is 2.28. The van der Waals surface area contributed by atoms with Gasteiger partial charge in [0.25, 0.3) is 5.69 Å². The largest absolute Gasteiger partial charge is 0.396 e. The molecule has 1 unspecified atom stereocenters. The first-order chi connectivity index (χ1) is 9.52. The molecule has 0 bridgehead atoms. The Labute approximate surface area is 117 Å². The molecular formula is C14H18N2O4. The Morgan fingerprint density at radius 3 is 2.90 bits per heavy atom. The molecule has 1 aromatic carbocycles. The van der Waals surface area contributed by atoms with Crippen molar-refractivity contribution in [3.05, 3.63) is 33.9 Å². The first kappa shape index (κ1) is 14.5. The van der Waals surface area contributed by atoms with Crippen molar-refractivity contribution in [3.63, 3.8) is 0 Å². The van der Waals surface area contributed by atoms with E-state index in [1.54, 1.807) is 6.07 Å². The van der Waals surface area contributed by atoms with Crippen LogP contribution in [0.4, 0.5) is 11.4 Å². The molecule has 1 heterocycles. The number of aliphatic hydroxyl groups is 1. The molecular weight excluding hydrogens is 260 g/mol. The van der Waals surface area contributed by atoms with Gasteiger partial charge in [0.15, 0.2) is 5.78 Å². The number of hydrogen-bond donors (Lipinski definition) is 1. The summed E-state index contributed by atoms with van der Waals surface area (Å²) in [6, 6.07) is 4.42. The Kier molecular flexibility index (Phi) is 4.34. The van der Waals surface area contributed by atoms with Gasteiger partial charge < -0.3 is 10.0 Å². The quantitative estimate of drug-likeness (QED) is 0.506. The lowest BCUT2D eigenvalue weighted by molar-refractivity contribution is -0.384. The van der Waals surface area contributed by atoms with Gasteiger partial charge in [0.2, 0.25) is 0 Å². The molecule has 1 aliphatic rings. The number of nitrogens with zero attached hydrogens (tertiary/aromatic N) is 2. The number of hydrogen-bond acceptors (Lipinski definition) is 5. The second-order valence-corrected chi connectivity index (χ2v) is 5.13. The number of carbonyl (C=O) groups is 1. The molecule has 6 heteroatoms. The monoisotopic (exact) mass is 278 g/mol. The third kappa shape index (κ3) is 2.96. The number of Topliss-reactive ketones (excluding diaryl/α,β-unsaturated/α-hetero) is 1. The topological polar surface area (TPSA) is 83.7 Å². The van der Waals surface area contributed by atoms with Crippen LogP contribution in [0.15, 0.2) is 18.2 Å². The average molecular weight is 278 g/mol. The SMILES string of the molecule is CC(=O)c1cc([N+](=O)[O-])ccc1N1CCC(CCO)C1. The number of rotatable bonds is 5. The number of nitro groups is 1. The van der Waals surface area contributed by atoms with Crippen molar-refractivity contribution in [2.24, 2.45) is 5.92 Å². The van der Waals surface area contributed by atoms with Crippen molar-refractivity contribution in [2.75, 3.05) is 24.6 Å². The summed E-state index contributed by atoms with van der Waals surface area (Å²) in [5.74, 6) is 0.240. The third-order valence-electron chi connectivity index (χ3n) is 3.73. The van der Waals surface area contributed by atoms with E-state index in [1.165, 1.54) is 19.1 Å². The van der Waals surface area contributed by atoms with Gasteiger partial charge in [0.1, 0.15) is 0 Å². The van der Waals surface area contributed by atoms with E-state index in [-0.39, 0.29) is 18.1 Å². The molecule has 1 aromatic rings. The lowest BCUT2D eigenvalue weighted by Crippen LogP contribution is -2.22. The number of anilines is 1. The van der Waals surface area contributed by atoms with Gasteiger partial charge in [-0.1, -0.05) is 0 Å². The molecule has 1 aliphatic heterocycles. The standard InChI is InChI=1S/C14H18N2O4/c1-10(18)13-8-12(16(19)20)2-3-14(13)15-6-4-11(9-15)5-7-17/h2-3,8,11,17H,4-7,9H2,1H3. The summed E-state index contributed by atoms with van der Waals surface area (Å²) >= 11 is 0. The maximum Gasteiger partial charge on any atom is 0.270 e. The Morgan fingerprint density at radius 2 is 2.30 bits per heavy atom. The fourth-order valence-electron chi connectivity index (χ4n) is 2.66. The highest BCUT2D eigenvalue weighted by Gasteiger charge is 2.25. The average Bonchev–Trinajstić information content (AvgIpc) is 2.86. The van der Waals surface area contributed by atoms with E-state index in [2.05, 4.69) is 4.90 Å². The lowest BCUT2D eigenvalue weighted by Gasteiger charge is -2.21. The van der Waals surface area contributed by atoms with Gasteiger partial charge in [-0.05, 0) is 31.7 Å². The minimum Gasteiger partial charge on any atom is -0.396 e. The Hall–Kier alpha value is -1.95. The highest BCUT2D eigenvalue weighted by atomic mass is 16.6. The van der Waals surface area contributed by atoms with Crippen LogP contribution in [0.2, 0.25) is 0 Å². The summed E-state index contributed by atoms with van der Waals surface area (Å²) in [6.07, 6.45) is 1.72. The van der Waals surface area contributed by atoms with Gasteiger partial charge in [-0.15, -0.1) is 0 Å². The number of aliphatic hydroxyl groups excluding tert-OH is 1. The number of nitro benzene ring substituents is 1. The normalized spacial score (nSPS) is 18.3. The first-order valence-corrected chi connectivity index (χ1v) is 6.68. The molecule has 0 spiro atoms. The van der Waals surface area contributed by atoms with Crippen LogP contribution in [-0.2, 0) is 0 Å². The van der Waals surface area contributed by atoms with Crippen molar-refractivity contribution in [2.45, 2.75) is 19.8 Å². The van der Waals surface area contributed by atoms with Crippen LogP contribution in [-0.4, -0.2) is 35.5 Å². The van der Waals surface area contributed by atoms with E-state index >= 15 is 0 Å². The van der Waals surface area contributed by atoms with Crippen molar-refractivity contribution < 1.29 is 14.8 Å². The molecule has 108 valence electrons. The van der Waals surface area contributed by atoms with Gasteiger partial charge in [-0.3, -0.25) is 14.9 Å². The van der Waals surface area contributed by atoms with Crippen molar-refractivity contribution in [3.8, 4) is 0 Å². The third-order valence-corrected chi connectivity index (χ3v) is 3.73. The Morgan fingerprint density at radius 1 is 1.55 bits per heavy atom. The lowest BCUT2D eigenvalue weighted by atomic mass is 10.1. The molecule has 2 rings (SSSR count). The predicted octanol–water partition coefficient (Wildman–Crippen LogP) is 2.01. The van der Waals surface area contributed by atoms with Gasteiger partial charge >= 0.3 is 0 Å². The van der Waals surface area contributed by atoms with Crippen LogP contribution >= 0.6 is 0 Å². The summed E-state index contributed by atoms with van der Waals surface area (Å²) < 4.78 is 0. The first-order valence-electron chi connectivity index (χ1n) is 6.68. The van der Waals surface area contributed by atoms with E-state index in [9.17, 15) is 14.9 Å². The van der Waals surface area contributed by atoms with E-state index in [1.807, 2.05) is 0 Å². The van der Waals surface area contributed by atoms with Crippen molar-refractivity contribution in [1.82, 2.24) is 0 Å².